The summed E-state index contributed by atoms with van der Waals surface area (Å²) in [5.41, 5.74) is -0.163. The van der Waals surface area contributed by atoms with Gasteiger partial charge in [-0.05, 0) is 18.2 Å². The zero-order valence-corrected chi connectivity index (χ0v) is 19.0. The average molecular weight is 494 g/mol. The maximum Gasteiger partial charge on any atom is 0.260 e. The van der Waals surface area contributed by atoms with Gasteiger partial charge in [0.2, 0.25) is 5.91 Å². The van der Waals surface area contributed by atoms with Gasteiger partial charge in [0.15, 0.2) is 5.75 Å². The van der Waals surface area contributed by atoms with Crippen molar-refractivity contribution >= 4 is 35.2 Å². The normalized spacial score (nSPS) is 17.7. The SMILES string of the molecule is C=CC(=O)N1CCN2C(=O)c3c(SCCO)nc(-c4c(O)cccc4F)c(Cl)c3OC[C@H]2C1. The van der Waals surface area contributed by atoms with E-state index in [-0.39, 0.29) is 82.2 Å². The summed E-state index contributed by atoms with van der Waals surface area (Å²) in [4.78, 5) is 33.2. The summed E-state index contributed by atoms with van der Waals surface area (Å²) in [5.74, 6) is -1.46. The predicted octanol–water partition coefficient (Wildman–Crippen LogP) is 2.56. The summed E-state index contributed by atoms with van der Waals surface area (Å²) in [6, 6.07) is 3.39. The highest BCUT2D eigenvalue weighted by molar-refractivity contribution is 7.99. The highest BCUT2D eigenvalue weighted by Gasteiger charge is 2.39. The van der Waals surface area contributed by atoms with Crippen LogP contribution in [0.25, 0.3) is 11.3 Å². The summed E-state index contributed by atoms with van der Waals surface area (Å²) in [7, 11) is 0. The van der Waals surface area contributed by atoms with Crippen LogP contribution in [0.1, 0.15) is 10.4 Å². The van der Waals surface area contributed by atoms with Crippen LogP contribution in [0.5, 0.6) is 11.5 Å². The standard InChI is InChI=1S/C22H21ClFN3O5S/c1-2-15(30)26-6-7-27-12(10-26)11-32-20-17(22(27)31)21(33-9-8-28)25-19(18(20)23)16-13(24)4-3-5-14(16)29/h2-5,12,28-29H,1,6-11H2/t12-/m1/s1. The number of aliphatic hydroxyl groups excluding tert-OH is 1. The minimum atomic E-state index is -0.738. The Morgan fingerprint density at radius 3 is 2.88 bits per heavy atom. The van der Waals surface area contributed by atoms with Crippen molar-refractivity contribution < 1.29 is 28.9 Å². The van der Waals surface area contributed by atoms with Gasteiger partial charge in [0.1, 0.15) is 39.5 Å². The minimum absolute atomic E-state index is 0.0331. The van der Waals surface area contributed by atoms with Crippen molar-refractivity contribution in [3.05, 3.63) is 47.3 Å². The first-order chi connectivity index (χ1) is 15.9. The quantitative estimate of drug-likeness (QED) is 0.487. The van der Waals surface area contributed by atoms with E-state index in [9.17, 15) is 24.2 Å². The Labute approximate surface area is 198 Å². The molecule has 4 rings (SSSR count). The summed E-state index contributed by atoms with van der Waals surface area (Å²) in [6.07, 6.45) is 1.22. The van der Waals surface area contributed by atoms with Crippen molar-refractivity contribution in [2.45, 2.75) is 11.1 Å². The number of aliphatic hydroxyl groups is 1. The molecule has 1 atom stereocenters. The number of carbonyl (C=O) groups is 2. The van der Waals surface area contributed by atoms with Gasteiger partial charge in [-0.2, -0.15) is 0 Å². The number of hydrogen-bond acceptors (Lipinski definition) is 7. The molecule has 1 fully saturated rings. The lowest BCUT2D eigenvalue weighted by atomic mass is 10.1. The monoisotopic (exact) mass is 493 g/mol. The van der Waals surface area contributed by atoms with E-state index in [0.717, 1.165) is 17.8 Å². The van der Waals surface area contributed by atoms with Crippen LogP contribution in [0.15, 0.2) is 35.9 Å². The van der Waals surface area contributed by atoms with E-state index < -0.39 is 11.9 Å². The molecular formula is C22H21ClFN3O5S. The first-order valence-electron chi connectivity index (χ1n) is 10.2. The molecule has 1 aromatic heterocycles. The second kappa shape index (κ2) is 9.58. The van der Waals surface area contributed by atoms with Crippen LogP contribution in [-0.2, 0) is 4.79 Å². The minimum Gasteiger partial charge on any atom is -0.507 e. The number of nitrogens with zero attached hydrogens (tertiary/aromatic N) is 3. The van der Waals surface area contributed by atoms with Gasteiger partial charge < -0.3 is 24.7 Å². The lowest BCUT2D eigenvalue weighted by molar-refractivity contribution is -0.128. The second-order valence-electron chi connectivity index (χ2n) is 7.44. The lowest BCUT2D eigenvalue weighted by Crippen LogP contribution is -2.57. The summed E-state index contributed by atoms with van der Waals surface area (Å²) in [5, 5.41) is 19.7. The van der Waals surface area contributed by atoms with Crippen LogP contribution < -0.4 is 4.74 Å². The number of phenolic OH excluding ortho intramolecular Hbond substituents is 1. The molecule has 0 bridgehead atoms. The van der Waals surface area contributed by atoms with Crippen LogP contribution in [0.3, 0.4) is 0 Å². The summed E-state index contributed by atoms with van der Waals surface area (Å²) < 4.78 is 20.6. The highest BCUT2D eigenvalue weighted by atomic mass is 35.5. The van der Waals surface area contributed by atoms with Crippen molar-refractivity contribution in [2.24, 2.45) is 0 Å². The van der Waals surface area contributed by atoms with E-state index in [1.807, 2.05) is 0 Å². The van der Waals surface area contributed by atoms with Crippen molar-refractivity contribution in [1.82, 2.24) is 14.8 Å². The fourth-order valence-electron chi connectivity index (χ4n) is 3.92. The molecule has 33 heavy (non-hydrogen) atoms. The molecular weight excluding hydrogens is 473 g/mol. The first-order valence-corrected chi connectivity index (χ1v) is 11.5. The smallest absolute Gasteiger partial charge is 0.260 e. The number of halogens is 2. The van der Waals surface area contributed by atoms with E-state index in [1.54, 1.807) is 9.80 Å². The second-order valence-corrected chi connectivity index (χ2v) is 8.90. The topological polar surface area (TPSA) is 103 Å². The van der Waals surface area contributed by atoms with Gasteiger partial charge in [-0.3, -0.25) is 9.59 Å². The molecule has 0 spiro atoms. The van der Waals surface area contributed by atoms with Crippen LogP contribution >= 0.6 is 23.4 Å². The van der Waals surface area contributed by atoms with Gasteiger partial charge in [0.25, 0.3) is 5.91 Å². The largest absolute Gasteiger partial charge is 0.507 e. The number of phenols is 1. The van der Waals surface area contributed by atoms with Crippen molar-refractivity contribution in [1.29, 1.82) is 0 Å². The highest BCUT2D eigenvalue weighted by Crippen LogP contribution is 2.45. The van der Waals surface area contributed by atoms with E-state index in [4.69, 9.17) is 16.3 Å². The molecule has 174 valence electrons. The predicted molar refractivity (Wildman–Crippen MR) is 121 cm³/mol. The molecule has 0 aliphatic carbocycles. The van der Waals surface area contributed by atoms with E-state index in [2.05, 4.69) is 11.6 Å². The number of pyridine rings is 1. The molecule has 2 aliphatic heterocycles. The van der Waals surface area contributed by atoms with Crippen LogP contribution in [0.4, 0.5) is 4.39 Å². The summed E-state index contributed by atoms with van der Waals surface area (Å²) >= 11 is 7.67. The molecule has 2 aliphatic rings. The number of aromatic hydroxyl groups is 1. The third-order valence-electron chi connectivity index (χ3n) is 5.48. The van der Waals surface area contributed by atoms with Gasteiger partial charge in [-0.15, -0.1) is 11.8 Å². The zero-order chi connectivity index (χ0) is 23.7. The van der Waals surface area contributed by atoms with Crippen LogP contribution in [-0.4, -0.2) is 81.5 Å². The number of carbonyl (C=O) groups excluding carboxylic acids is 2. The van der Waals surface area contributed by atoms with Gasteiger partial charge in [0, 0.05) is 25.4 Å². The Morgan fingerprint density at radius 1 is 1.39 bits per heavy atom. The molecule has 2 aromatic rings. The zero-order valence-electron chi connectivity index (χ0n) is 17.5. The molecule has 2 amide bonds. The molecule has 2 N–H and O–H groups in total. The Kier molecular flexibility index (Phi) is 6.78. The number of aromatic nitrogens is 1. The molecule has 3 heterocycles. The maximum absolute atomic E-state index is 14.6. The Hall–Kier alpha value is -2.82. The number of rotatable bonds is 5. The van der Waals surface area contributed by atoms with Crippen molar-refractivity contribution in [3.63, 3.8) is 0 Å². The van der Waals surface area contributed by atoms with E-state index in [0.29, 0.717) is 6.54 Å². The number of hydrogen-bond donors (Lipinski definition) is 2. The number of ether oxygens (including phenoxy) is 1. The number of benzene rings is 1. The summed E-state index contributed by atoms with van der Waals surface area (Å²) in [6.45, 7) is 4.26. The maximum atomic E-state index is 14.6. The van der Waals surface area contributed by atoms with Crippen LogP contribution in [0.2, 0.25) is 5.02 Å². The number of piperazine rings is 1. The first kappa shape index (κ1) is 23.3. The van der Waals surface area contributed by atoms with E-state index in [1.165, 1.54) is 18.2 Å². The Balaban J connectivity index is 1.83. The molecule has 0 unspecified atom stereocenters. The third kappa shape index (κ3) is 4.25. The average Bonchev–Trinajstić information content (AvgIpc) is 2.95. The van der Waals surface area contributed by atoms with Gasteiger partial charge in [0.05, 0.1) is 18.2 Å². The van der Waals surface area contributed by atoms with Crippen molar-refractivity contribution in [2.75, 3.05) is 38.6 Å². The van der Waals surface area contributed by atoms with E-state index >= 15 is 0 Å². The molecule has 1 aromatic carbocycles. The fraction of sp³-hybridized carbons (Fsp3) is 0.318. The Morgan fingerprint density at radius 2 is 2.18 bits per heavy atom. The third-order valence-corrected chi connectivity index (χ3v) is 6.79. The van der Waals surface area contributed by atoms with Gasteiger partial charge in [-0.25, -0.2) is 9.37 Å². The van der Waals surface area contributed by atoms with Crippen molar-refractivity contribution in [3.8, 4) is 22.8 Å². The number of fused-ring (bicyclic) bond motifs is 2. The molecule has 8 nitrogen and oxygen atoms in total. The molecule has 0 saturated carbocycles. The number of amides is 2. The molecule has 0 radical (unpaired) electrons. The number of thioether (sulfide) groups is 1. The van der Waals surface area contributed by atoms with Gasteiger partial charge in [-0.1, -0.05) is 24.2 Å². The molecule has 11 heteroatoms. The molecule has 1 saturated heterocycles. The fourth-order valence-corrected chi connectivity index (χ4v) is 4.97. The van der Waals surface area contributed by atoms with Crippen LogP contribution in [0, 0.1) is 5.82 Å². The Bertz CT molecular complexity index is 1110. The van der Waals surface area contributed by atoms with Gasteiger partial charge >= 0.3 is 0 Å². The lowest BCUT2D eigenvalue weighted by Gasteiger charge is -2.39.